The van der Waals surface area contributed by atoms with Crippen molar-refractivity contribution >= 4 is 5.57 Å². The van der Waals surface area contributed by atoms with Crippen LogP contribution in [0.15, 0.2) is 24.3 Å². The molecule has 0 heterocycles. The van der Waals surface area contributed by atoms with Gasteiger partial charge in [0.05, 0.1) is 0 Å². The van der Waals surface area contributed by atoms with E-state index in [4.69, 9.17) is 0 Å². The van der Waals surface area contributed by atoms with E-state index in [2.05, 4.69) is 50.4 Å². The molecule has 1 nitrogen and oxygen atoms in total. The van der Waals surface area contributed by atoms with Gasteiger partial charge in [-0.2, -0.15) is 0 Å². The number of benzene rings is 1. The van der Waals surface area contributed by atoms with Crippen molar-refractivity contribution in [2.75, 3.05) is 13.6 Å². The van der Waals surface area contributed by atoms with Crippen LogP contribution in [0.3, 0.4) is 0 Å². The van der Waals surface area contributed by atoms with Gasteiger partial charge in [-0.1, -0.05) is 24.3 Å². The summed E-state index contributed by atoms with van der Waals surface area (Å²) >= 11 is 0. The second-order valence-electron chi connectivity index (χ2n) is 3.93. The number of nitrogens with one attached hydrogen (secondary N) is 1. The molecule has 1 heteroatoms. The van der Waals surface area contributed by atoms with Crippen molar-refractivity contribution in [3.05, 3.63) is 41.0 Å². The average molecular weight is 203 g/mol. The van der Waals surface area contributed by atoms with Gasteiger partial charge in [-0.15, -0.1) is 0 Å². The molecule has 1 aromatic carbocycles. The molecular weight excluding hydrogens is 182 g/mol. The first-order chi connectivity index (χ1) is 7.20. The van der Waals surface area contributed by atoms with Gasteiger partial charge in [0.2, 0.25) is 0 Å². The molecule has 1 rings (SSSR count). The van der Waals surface area contributed by atoms with Crippen LogP contribution in [-0.4, -0.2) is 13.6 Å². The number of allylic oxidation sites excluding steroid dienone is 1. The first kappa shape index (κ1) is 12.0. The highest BCUT2D eigenvalue weighted by atomic mass is 14.8. The number of aryl methyl sites for hydroxylation is 2. The lowest BCUT2D eigenvalue weighted by molar-refractivity contribution is 0.814. The molecule has 0 aromatic heterocycles. The monoisotopic (exact) mass is 203 g/mol. The SMILES string of the molecule is C/C=C(/CCNC)c1c(C)cccc1C. The van der Waals surface area contributed by atoms with Crippen molar-refractivity contribution in [1.82, 2.24) is 5.32 Å². The molecule has 0 saturated heterocycles. The minimum atomic E-state index is 1.04. The minimum Gasteiger partial charge on any atom is -0.319 e. The molecule has 0 aliphatic heterocycles. The van der Waals surface area contributed by atoms with Gasteiger partial charge in [-0.25, -0.2) is 0 Å². The topological polar surface area (TPSA) is 12.0 Å². The Kier molecular flexibility index (Phi) is 4.57. The van der Waals surface area contributed by atoms with Crippen molar-refractivity contribution in [3.63, 3.8) is 0 Å². The zero-order chi connectivity index (χ0) is 11.3. The molecule has 0 aliphatic carbocycles. The Morgan fingerprint density at radius 3 is 2.33 bits per heavy atom. The summed E-state index contributed by atoms with van der Waals surface area (Å²) in [5.74, 6) is 0. The Bertz CT molecular complexity index is 330. The Morgan fingerprint density at radius 2 is 1.87 bits per heavy atom. The normalized spacial score (nSPS) is 11.9. The summed E-state index contributed by atoms with van der Waals surface area (Å²) in [6, 6.07) is 6.50. The van der Waals surface area contributed by atoms with Crippen molar-refractivity contribution in [2.45, 2.75) is 27.2 Å². The van der Waals surface area contributed by atoms with E-state index in [1.54, 1.807) is 0 Å². The number of rotatable bonds is 4. The van der Waals surface area contributed by atoms with Gasteiger partial charge in [0.15, 0.2) is 0 Å². The molecule has 0 radical (unpaired) electrons. The molecule has 0 spiro atoms. The third kappa shape index (κ3) is 2.93. The van der Waals surface area contributed by atoms with Gasteiger partial charge < -0.3 is 5.32 Å². The highest BCUT2D eigenvalue weighted by molar-refractivity contribution is 5.70. The van der Waals surface area contributed by atoms with E-state index >= 15 is 0 Å². The summed E-state index contributed by atoms with van der Waals surface area (Å²) < 4.78 is 0. The van der Waals surface area contributed by atoms with Gasteiger partial charge in [0, 0.05) is 0 Å². The molecule has 82 valence electrons. The van der Waals surface area contributed by atoms with E-state index in [0.29, 0.717) is 0 Å². The maximum Gasteiger partial charge on any atom is -0.00113 e. The third-order valence-electron chi connectivity index (χ3n) is 2.80. The van der Waals surface area contributed by atoms with E-state index in [-0.39, 0.29) is 0 Å². The van der Waals surface area contributed by atoms with Crippen molar-refractivity contribution in [2.24, 2.45) is 0 Å². The summed E-state index contributed by atoms with van der Waals surface area (Å²) in [5.41, 5.74) is 5.62. The Labute approximate surface area is 93.2 Å². The van der Waals surface area contributed by atoms with Crippen LogP contribution in [0.25, 0.3) is 5.57 Å². The molecule has 0 fully saturated rings. The van der Waals surface area contributed by atoms with Crippen LogP contribution in [0.1, 0.15) is 30.0 Å². The van der Waals surface area contributed by atoms with E-state index in [9.17, 15) is 0 Å². The maximum atomic E-state index is 3.20. The quantitative estimate of drug-likeness (QED) is 0.791. The Hall–Kier alpha value is -1.08. The average Bonchev–Trinajstić information content (AvgIpc) is 2.22. The standard InChI is InChI=1S/C14H21N/c1-5-13(9-10-15-4)14-11(2)7-6-8-12(14)3/h5-8,15H,9-10H2,1-4H3/b13-5-. The number of hydrogen-bond donors (Lipinski definition) is 1. The van der Waals surface area contributed by atoms with Crippen LogP contribution in [0, 0.1) is 13.8 Å². The molecule has 1 aromatic rings. The largest absolute Gasteiger partial charge is 0.319 e. The smallest absolute Gasteiger partial charge is 0.00113 e. The Morgan fingerprint density at radius 1 is 1.27 bits per heavy atom. The lowest BCUT2D eigenvalue weighted by Gasteiger charge is -2.13. The van der Waals surface area contributed by atoms with Crippen LogP contribution in [0.2, 0.25) is 0 Å². The van der Waals surface area contributed by atoms with Crippen molar-refractivity contribution < 1.29 is 0 Å². The molecule has 0 aliphatic rings. The number of hydrogen-bond acceptors (Lipinski definition) is 1. The van der Waals surface area contributed by atoms with Crippen LogP contribution >= 0.6 is 0 Å². The second kappa shape index (κ2) is 5.72. The van der Waals surface area contributed by atoms with Crippen molar-refractivity contribution in [1.29, 1.82) is 0 Å². The lowest BCUT2D eigenvalue weighted by Crippen LogP contribution is -2.08. The summed E-state index contributed by atoms with van der Waals surface area (Å²) in [6.45, 7) is 7.53. The highest BCUT2D eigenvalue weighted by Gasteiger charge is 2.06. The van der Waals surface area contributed by atoms with Crippen LogP contribution in [0.5, 0.6) is 0 Å². The van der Waals surface area contributed by atoms with E-state index in [0.717, 1.165) is 13.0 Å². The fraction of sp³-hybridized carbons (Fsp3) is 0.429. The van der Waals surface area contributed by atoms with Gasteiger partial charge in [-0.3, -0.25) is 0 Å². The molecule has 1 N–H and O–H groups in total. The van der Waals surface area contributed by atoms with E-state index < -0.39 is 0 Å². The first-order valence-electron chi connectivity index (χ1n) is 5.57. The molecule has 0 atom stereocenters. The lowest BCUT2D eigenvalue weighted by atomic mass is 9.93. The van der Waals surface area contributed by atoms with Crippen LogP contribution in [-0.2, 0) is 0 Å². The Balaban J connectivity index is 3.02. The predicted octanol–water partition coefficient (Wildman–Crippen LogP) is 3.32. The second-order valence-corrected chi connectivity index (χ2v) is 3.93. The molecule has 0 saturated carbocycles. The van der Waals surface area contributed by atoms with E-state index in [1.807, 2.05) is 7.05 Å². The molecule has 0 bridgehead atoms. The van der Waals surface area contributed by atoms with Crippen molar-refractivity contribution in [3.8, 4) is 0 Å². The summed E-state index contributed by atoms with van der Waals surface area (Å²) in [5, 5.41) is 3.20. The molecule has 0 amide bonds. The summed E-state index contributed by atoms with van der Waals surface area (Å²) in [4.78, 5) is 0. The van der Waals surface area contributed by atoms with Gasteiger partial charge >= 0.3 is 0 Å². The van der Waals surface area contributed by atoms with Crippen LogP contribution < -0.4 is 5.32 Å². The highest BCUT2D eigenvalue weighted by Crippen LogP contribution is 2.24. The third-order valence-corrected chi connectivity index (χ3v) is 2.80. The van der Waals surface area contributed by atoms with E-state index in [1.165, 1.54) is 22.3 Å². The van der Waals surface area contributed by atoms with Crippen LogP contribution in [0.4, 0.5) is 0 Å². The zero-order valence-corrected chi connectivity index (χ0v) is 10.2. The maximum absolute atomic E-state index is 3.20. The minimum absolute atomic E-state index is 1.04. The fourth-order valence-electron chi connectivity index (χ4n) is 1.99. The zero-order valence-electron chi connectivity index (χ0n) is 10.2. The van der Waals surface area contributed by atoms with Gasteiger partial charge in [0.1, 0.15) is 0 Å². The fourth-order valence-corrected chi connectivity index (χ4v) is 1.99. The van der Waals surface area contributed by atoms with Gasteiger partial charge in [0.25, 0.3) is 0 Å². The molecule has 0 unspecified atom stereocenters. The van der Waals surface area contributed by atoms with Gasteiger partial charge in [-0.05, 0) is 63.0 Å². The summed E-state index contributed by atoms with van der Waals surface area (Å²) in [6.07, 6.45) is 3.32. The first-order valence-corrected chi connectivity index (χ1v) is 5.57. The summed E-state index contributed by atoms with van der Waals surface area (Å²) in [7, 11) is 2.00. The molecule has 15 heavy (non-hydrogen) atoms. The predicted molar refractivity (Wildman–Crippen MR) is 68.1 cm³/mol. The molecular formula is C14H21N.